The van der Waals surface area contributed by atoms with E-state index in [-0.39, 0.29) is 0 Å². The molecule has 0 aliphatic heterocycles. The number of nitrogens with one attached hydrogen (secondary N) is 1. The van der Waals surface area contributed by atoms with Crippen molar-refractivity contribution in [3.63, 3.8) is 0 Å². The van der Waals surface area contributed by atoms with Crippen molar-refractivity contribution >= 4 is 11.8 Å². The van der Waals surface area contributed by atoms with E-state index in [1.54, 1.807) is 18.9 Å². The Morgan fingerprint density at radius 1 is 1.40 bits per heavy atom. The normalized spacial score (nSPS) is 19.4. The lowest BCUT2D eigenvalue weighted by Gasteiger charge is -2.27. The van der Waals surface area contributed by atoms with Gasteiger partial charge in [0.1, 0.15) is 5.75 Å². The number of hydrogen-bond acceptors (Lipinski definition) is 4. The van der Waals surface area contributed by atoms with E-state index in [0.717, 1.165) is 11.5 Å². The van der Waals surface area contributed by atoms with Crippen molar-refractivity contribution in [3.8, 4) is 5.75 Å². The number of rotatable bonds is 8. The Balaban J connectivity index is 2.00. The van der Waals surface area contributed by atoms with Crippen LogP contribution in [0.25, 0.3) is 0 Å². The molecule has 1 fully saturated rings. The van der Waals surface area contributed by atoms with Gasteiger partial charge in [0.05, 0.1) is 12.7 Å². The highest BCUT2D eigenvalue weighted by Crippen LogP contribution is 2.41. The first-order valence-electron chi connectivity index (χ1n) is 7.14. The van der Waals surface area contributed by atoms with E-state index in [0.29, 0.717) is 18.5 Å². The monoisotopic (exact) mass is 295 g/mol. The molecule has 0 spiro atoms. The standard InChI is InChI=1S/C16H25NO2S/c1-16(18,11-20-3)10-17-15(12-4-5-12)13-6-8-14(19-2)9-7-13/h6-9,12,15,17-18H,4-5,10-11H2,1-3H3. The molecule has 0 heterocycles. The first-order valence-corrected chi connectivity index (χ1v) is 8.54. The zero-order valence-corrected chi connectivity index (χ0v) is 13.4. The van der Waals surface area contributed by atoms with Gasteiger partial charge in [0.15, 0.2) is 0 Å². The Kier molecular flexibility index (Phi) is 5.35. The smallest absolute Gasteiger partial charge is 0.118 e. The molecule has 4 heteroatoms. The van der Waals surface area contributed by atoms with Crippen LogP contribution < -0.4 is 10.1 Å². The summed E-state index contributed by atoms with van der Waals surface area (Å²) in [4.78, 5) is 0. The summed E-state index contributed by atoms with van der Waals surface area (Å²) >= 11 is 1.68. The van der Waals surface area contributed by atoms with Gasteiger partial charge in [-0.3, -0.25) is 0 Å². The fraction of sp³-hybridized carbons (Fsp3) is 0.625. The molecule has 1 aliphatic rings. The van der Waals surface area contributed by atoms with Crippen LogP contribution in [-0.4, -0.2) is 36.4 Å². The van der Waals surface area contributed by atoms with Crippen molar-refractivity contribution in [2.45, 2.75) is 31.4 Å². The molecule has 1 aromatic carbocycles. The summed E-state index contributed by atoms with van der Waals surface area (Å²) in [6.45, 7) is 2.52. The van der Waals surface area contributed by atoms with Crippen molar-refractivity contribution in [2.75, 3.05) is 25.7 Å². The molecule has 0 aromatic heterocycles. The Morgan fingerprint density at radius 2 is 2.05 bits per heavy atom. The van der Waals surface area contributed by atoms with E-state index >= 15 is 0 Å². The number of methoxy groups -OCH3 is 1. The second kappa shape index (κ2) is 6.83. The second-order valence-electron chi connectivity index (χ2n) is 5.90. The van der Waals surface area contributed by atoms with Gasteiger partial charge in [0, 0.05) is 18.3 Å². The zero-order chi connectivity index (χ0) is 14.6. The van der Waals surface area contributed by atoms with Crippen LogP contribution in [0.15, 0.2) is 24.3 Å². The lowest BCUT2D eigenvalue weighted by Crippen LogP contribution is -2.41. The number of hydrogen-bond donors (Lipinski definition) is 2. The Hall–Kier alpha value is -0.710. The topological polar surface area (TPSA) is 41.5 Å². The molecule has 2 unspecified atom stereocenters. The summed E-state index contributed by atoms with van der Waals surface area (Å²) in [5.74, 6) is 2.34. The quantitative estimate of drug-likeness (QED) is 0.774. The largest absolute Gasteiger partial charge is 0.497 e. The minimum absolute atomic E-state index is 0.342. The summed E-state index contributed by atoms with van der Waals surface area (Å²) in [5.41, 5.74) is 0.632. The van der Waals surface area contributed by atoms with Gasteiger partial charge in [-0.05, 0) is 49.6 Å². The first kappa shape index (κ1) is 15.7. The van der Waals surface area contributed by atoms with E-state index in [4.69, 9.17) is 4.74 Å². The molecule has 1 saturated carbocycles. The van der Waals surface area contributed by atoms with Gasteiger partial charge in [-0.2, -0.15) is 11.8 Å². The lowest BCUT2D eigenvalue weighted by molar-refractivity contribution is 0.0804. The highest BCUT2D eigenvalue weighted by Gasteiger charge is 2.33. The molecule has 0 amide bonds. The number of aliphatic hydroxyl groups is 1. The van der Waals surface area contributed by atoms with E-state index in [2.05, 4.69) is 17.4 Å². The van der Waals surface area contributed by atoms with Gasteiger partial charge >= 0.3 is 0 Å². The predicted octanol–water partition coefficient (Wildman–Crippen LogP) is 2.85. The number of thioether (sulfide) groups is 1. The van der Waals surface area contributed by atoms with Crippen LogP contribution in [0.1, 0.15) is 31.4 Å². The van der Waals surface area contributed by atoms with Crippen molar-refractivity contribution in [2.24, 2.45) is 5.92 Å². The molecular formula is C16H25NO2S. The van der Waals surface area contributed by atoms with Crippen molar-refractivity contribution in [1.82, 2.24) is 5.32 Å². The molecule has 0 bridgehead atoms. The van der Waals surface area contributed by atoms with Crippen LogP contribution >= 0.6 is 11.8 Å². The molecule has 2 N–H and O–H groups in total. The third-order valence-corrected chi connectivity index (χ3v) is 4.64. The van der Waals surface area contributed by atoms with Crippen LogP contribution in [0.5, 0.6) is 5.75 Å². The molecule has 0 radical (unpaired) electrons. The van der Waals surface area contributed by atoms with E-state index < -0.39 is 5.60 Å². The van der Waals surface area contributed by atoms with Gasteiger partial charge in [0.25, 0.3) is 0 Å². The van der Waals surface area contributed by atoms with E-state index in [9.17, 15) is 5.11 Å². The Labute approximate surface area is 126 Å². The summed E-state index contributed by atoms with van der Waals surface area (Å²) in [6, 6.07) is 8.60. The maximum atomic E-state index is 10.3. The van der Waals surface area contributed by atoms with E-state index in [1.165, 1.54) is 18.4 Å². The summed E-state index contributed by atoms with van der Waals surface area (Å²) in [7, 11) is 1.69. The van der Waals surface area contributed by atoms with Gasteiger partial charge in [-0.15, -0.1) is 0 Å². The van der Waals surface area contributed by atoms with Gasteiger partial charge in [-0.1, -0.05) is 12.1 Å². The van der Waals surface area contributed by atoms with Crippen LogP contribution in [-0.2, 0) is 0 Å². The van der Waals surface area contributed by atoms with Crippen LogP contribution in [0.2, 0.25) is 0 Å². The average Bonchev–Trinajstić information content (AvgIpc) is 3.24. The highest BCUT2D eigenvalue weighted by molar-refractivity contribution is 7.98. The minimum Gasteiger partial charge on any atom is -0.497 e. The van der Waals surface area contributed by atoms with Crippen LogP contribution in [0, 0.1) is 5.92 Å². The summed E-state index contributed by atoms with van der Waals surface area (Å²) in [5, 5.41) is 13.8. The minimum atomic E-state index is -0.654. The van der Waals surface area contributed by atoms with Crippen molar-refractivity contribution in [3.05, 3.63) is 29.8 Å². The molecule has 2 rings (SSSR count). The Bertz CT molecular complexity index is 415. The van der Waals surface area contributed by atoms with Gasteiger partial charge < -0.3 is 15.2 Å². The molecule has 3 nitrogen and oxygen atoms in total. The molecular weight excluding hydrogens is 270 g/mol. The third-order valence-electron chi connectivity index (χ3n) is 3.73. The fourth-order valence-electron chi connectivity index (χ4n) is 2.49. The van der Waals surface area contributed by atoms with Crippen molar-refractivity contribution in [1.29, 1.82) is 0 Å². The SMILES string of the molecule is COc1ccc(C(NCC(C)(O)CSC)C2CC2)cc1. The van der Waals surface area contributed by atoms with Gasteiger partial charge in [-0.25, -0.2) is 0 Å². The van der Waals surface area contributed by atoms with E-state index in [1.807, 2.05) is 25.3 Å². The second-order valence-corrected chi connectivity index (χ2v) is 6.77. The number of benzene rings is 1. The average molecular weight is 295 g/mol. The maximum Gasteiger partial charge on any atom is 0.118 e. The molecule has 0 saturated heterocycles. The lowest BCUT2D eigenvalue weighted by atomic mass is 10.0. The third kappa shape index (κ3) is 4.40. The summed E-state index contributed by atoms with van der Waals surface area (Å²) < 4.78 is 5.21. The molecule has 1 aromatic rings. The van der Waals surface area contributed by atoms with Crippen LogP contribution in [0.4, 0.5) is 0 Å². The number of ether oxygens (including phenoxy) is 1. The Morgan fingerprint density at radius 3 is 2.55 bits per heavy atom. The van der Waals surface area contributed by atoms with Gasteiger partial charge in [0.2, 0.25) is 0 Å². The maximum absolute atomic E-state index is 10.3. The van der Waals surface area contributed by atoms with Crippen LogP contribution in [0.3, 0.4) is 0 Å². The van der Waals surface area contributed by atoms with Crippen molar-refractivity contribution < 1.29 is 9.84 Å². The first-order chi connectivity index (χ1) is 9.55. The fourth-order valence-corrected chi connectivity index (χ4v) is 3.21. The highest BCUT2D eigenvalue weighted by atomic mass is 32.2. The molecule has 1 aliphatic carbocycles. The summed E-state index contributed by atoms with van der Waals surface area (Å²) in [6.07, 6.45) is 4.57. The predicted molar refractivity (Wildman–Crippen MR) is 85.5 cm³/mol. The molecule has 112 valence electrons. The zero-order valence-electron chi connectivity index (χ0n) is 12.6. The molecule has 2 atom stereocenters. The molecule has 20 heavy (non-hydrogen) atoms.